The number of aryl methyl sites for hydroxylation is 2. The normalized spacial score (nSPS) is 17.6. The van der Waals surface area contributed by atoms with Crippen molar-refractivity contribution in [3.8, 4) is 17.2 Å². The third kappa shape index (κ3) is 2.56. The lowest BCUT2D eigenvalue weighted by atomic mass is 9.85. The standard InChI is InChI=1S/C21H19N3O3/c1-12-3-6-15(7-4-12)24-21-20(13(2)23-24)16(10-19(25)22-21)14-5-8-17-18(9-14)27-11-26-17/h3-9,16H,10-11H2,1-2H3,(H,22,25). The van der Waals surface area contributed by atoms with E-state index in [1.54, 1.807) is 0 Å². The van der Waals surface area contributed by atoms with E-state index in [-0.39, 0.29) is 18.6 Å². The van der Waals surface area contributed by atoms with Gasteiger partial charge in [0.2, 0.25) is 12.7 Å². The third-order valence-corrected chi connectivity index (χ3v) is 5.18. The first-order valence-electron chi connectivity index (χ1n) is 8.96. The van der Waals surface area contributed by atoms with Gasteiger partial charge < -0.3 is 14.8 Å². The van der Waals surface area contributed by atoms with Crippen LogP contribution in [-0.2, 0) is 4.79 Å². The Morgan fingerprint density at radius 3 is 2.67 bits per heavy atom. The molecule has 136 valence electrons. The Labute approximate surface area is 156 Å². The number of hydrogen-bond acceptors (Lipinski definition) is 4. The van der Waals surface area contributed by atoms with E-state index in [1.165, 1.54) is 5.56 Å². The Balaban J connectivity index is 1.63. The number of anilines is 1. The molecule has 2 aromatic carbocycles. The Kier molecular flexibility index (Phi) is 3.47. The summed E-state index contributed by atoms with van der Waals surface area (Å²) in [7, 11) is 0. The Bertz CT molecular complexity index is 1050. The fourth-order valence-corrected chi connectivity index (χ4v) is 3.83. The van der Waals surface area contributed by atoms with Crippen molar-refractivity contribution in [3.63, 3.8) is 0 Å². The fraction of sp³-hybridized carbons (Fsp3) is 0.238. The number of ether oxygens (including phenoxy) is 2. The number of nitrogens with one attached hydrogen (secondary N) is 1. The van der Waals surface area contributed by atoms with Gasteiger partial charge in [0.05, 0.1) is 11.4 Å². The molecule has 5 rings (SSSR count). The monoisotopic (exact) mass is 361 g/mol. The second-order valence-corrected chi connectivity index (χ2v) is 7.01. The number of carbonyl (C=O) groups excluding carboxylic acids is 1. The minimum Gasteiger partial charge on any atom is -0.454 e. The summed E-state index contributed by atoms with van der Waals surface area (Å²) in [5, 5.41) is 7.74. The molecule has 2 aliphatic rings. The number of benzene rings is 2. The summed E-state index contributed by atoms with van der Waals surface area (Å²) >= 11 is 0. The van der Waals surface area contributed by atoms with E-state index in [9.17, 15) is 4.79 Å². The van der Waals surface area contributed by atoms with E-state index in [0.717, 1.165) is 39.8 Å². The van der Waals surface area contributed by atoms with Crippen LogP contribution in [0.4, 0.5) is 5.82 Å². The van der Waals surface area contributed by atoms with Crippen LogP contribution in [0.2, 0.25) is 0 Å². The van der Waals surface area contributed by atoms with E-state index < -0.39 is 0 Å². The van der Waals surface area contributed by atoms with Gasteiger partial charge >= 0.3 is 0 Å². The van der Waals surface area contributed by atoms with E-state index in [1.807, 2.05) is 61.0 Å². The quantitative estimate of drug-likeness (QED) is 0.756. The molecular weight excluding hydrogens is 342 g/mol. The average molecular weight is 361 g/mol. The highest BCUT2D eigenvalue weighted by Gasteiger charge is 2.33. The summed E-state index contributed by atoms with van der Waals surface area (Å²) in [6.07, 6.45) is 0.382. The second-order valence-electron chi connectivity index (χ2n) is 7.01. The molecule has 3 aromatic rings. The van der Waals surface area contributed by atoms with Crippen molar-refractivity contribution in [2.24, 2.45) is 0 Å². The molecule has 0 aliphatic carbocycles. The predicted molar refractivity (Wildman–Crippen MR) is 101 cm³/mol. The maximum absolute atomic E-state index is 12.5. The molecule has 1 atom stereocenters. The smallest absolute Gasteiger partial charge is 0.231 e. The van der Waals surface area contributed by atoms with Crippen LogP contribution in [0.25, 0.3) is 5.69 Å². The highest BCUT2D eigenvalue weighted by atomic mass is 16.7. The molecule has 0 saturated carbocycles. The maximum atomic E-state index is 12.5. The van der Waals surface area contributed by atoms with Gasteiger partial charge in [-0.05, 0) is 43.7 Å². The van der Waals surface area contributed by atoms with Gasteiger partial charge in [-0.15, -0.1) is 0 Å². The number of aromatic nitrogens is 2. The van der Waals surface area contributed by atoms with Gasteiger partial charge in [0.25, 0.3) is 0 Å². The highest BCUT2D eigenvalue weighted by Crippen LogP contribution is 2.43. The van der Waals surface area contributed by atoms with Gasteiger partial charge in [-0.3, -0.25) is 4.79 Å². The second kappa shape index (κ2) is 5.87. The molecule has 0 bridgehead atoms. The molecule has 1 aromatic heterocycles. The molecule has 6 nitrogen and oxygen atoms in total. The maximum Gasteiger partial charge on any atom is 0.231 e. The van der Waals surface area contributed by atoms with Crippen molar-refractivity contribution < 1.29 is 14.3 Å². The van der Waals surface area contributed by atoms with Gasteiger partial charge in [-0.1, -0.05) is 23.8 Å². The summed E-state index contributed by atoms with van der Waals surface area (Å²) in [4.78, 5) is 12.5. The fourth-order valence-electron chi connectivity index (χ4n) is 3.83. The molecule has 2 aliphatic heterocycles. The van der Waals surface area contributed by atoms with E-state index in [4.69, 9.17) is 14.6 Å². The first kappa shape index (κ1) is 15.9. The van der Waals surface area contributed by atoms with Crippen molar-refractivity contribution in [2.75, 3.05) is 12.1 Å². The number of amides is 1. The average Bonchev–Trinajstić information content (AvgIpc) is 3.26. The van der Waals surface area contributed by atoms with Gasteiger partial charge in [-0.2, -0.15) is 5.10 Å². The molecular formula is C21H19N3O3. The van der Waals surface area contributed by atoms with Crippen molar-refractivity contribution in [2.45, 2.75) is 26.2 Å². The Hall–Kier alpha value is -3.28. The summed E-state index contributed by atoms with van der Waals surface area (Å²) in [5.41, 5.74) is 5.10. The SMILES string of the molecule is Cc1ccc(-n2nc(C)c3c2NC(=O)CC3c2ccc3c(c2)OCO3)cc1. The summed E-state index contributed by atoms with van der Waals surface area (Å²) in [6.45, 7) is 4.27. The molecule has 0 spiro atoms. The number of carbonyl (C=O) groups is 1. The van der Waals surface area contributed by atoms with Gasteiger partial charge in [0.15, 0.2) is 11.5 Å². The lowest BCUT2D eigenvalue weighted by molar-refractivity contribution is -0.116. The zero-order valence-electron chi connectivity index (χ0n) is 15.2. The lowest BCUT2D eigenvalue weighted by Crippen LogP contribution is -2.24. The Morgan fingerprint density at radius 2 is 1.85 bits per heavy atom. The molecule has 6 heteroatoms. The molecule has 0 saturated heterocycles. The molecule has 1 N–H and O–H groups in total. The Morgan fingerprint density at radius 1 is 1.07 bits per heavy atom. The van der Waals surface area contributed by atoms with Gasteiger partial charge in [0, 0.05) is 17.9 Å². The molecule has 3 heterocycles. The van der Waals surface area contributed by atoms with Crippen LogP contribution >= 0.6 is 0 Å². The minimum atomic E-state index is -0.0672. The van der Waals surface area contributed by atoms with Crippen LogP contribution in [0.1, 0.15) is 34.7 Å². The zero-order chi connectivity index (χ0) is 18.5. The number of nitrogens with zero attached hydrogens (tertiary/aromatic N) is 2. The molecule has 0 fully saturated rings. The van der Waals surface area contributed by atoms with Crippen LogP contribution in [0.5, 0.6) is 11.5 Å². The third-order valence-electron chi connectivity index (χ3n) is 5.18. The van der Waals surface area contributed by atoms with Crippen molar-refractivity contribution in [1.82, 2.24) is 9.78 Å². The first-order valence-corrected chi connectivity index (χ1v) is 8.96. The summed E-state index contributed by atoms with van der Waals surface area (Å²) in [5.74, 6) is 2.13. The first-order chi connectivity index (χ1) is 13.1. The predicted octanol–water partition coefficient (Wildman–Crippen LogP) is 3.69. The number of fused-ring (bicyclic) bond motifs is 2. The van der Waals surface area contributed by atoms with Crippen molar-refractivity contribution >= 4 is 11.7 Å². The summed E-state index contributed by atoms with van der Waals surface area (Å²) < 4.78 is 12.7. The number of hydrogen-bond donors (Lipinski definition) is 1. The van der Waals surface area contributed by atoms with Crippen molar-refractivity contribution in [3.05, 3.63) is 64.8 Å². The van der Waals surface area contributed by atoms with E-state index in [2.05, 4.69) is 5.32 Å². The van der Waals surface area contributed by atoms with Crippen molar-refractivity contribution in [1.29, 1.82) is 0 Å². The molecule has 1 unspecified atom stereocenters. The topological polar surface area (TPSA) is 65.4 Å². The van der Waals surface area contributed by atoms with Crippen LogP contribution in [0, 0.1) is 13.8 Å². The van der Waals surface area contributed by atoms with Crippen LogP contribution in [-0.4, -0.2) is 22.5 Å². The molecule has 1 amide bonds. The van der Waals surface area contributed by atoms with Gasteiger partial charge in [0.1, 0.15) is 5.82 Å². The van der Waals surface area contributed by atoms with E-state index >= 15 is 0 Å². The largest absolute Gasteiger partial charge is 0.454 e. The van der Waals surface area contributed by atoms with E-state index in [0.29, 0.717) is 6.42 Å². The zero-order valence-corrected chi connectivity index (χ0v) is 15.2. The minimum absolute atomic E-state index is 0.0153. The van der Waals surface area contributed by atoms with Crippen LogP contribution in [0.15, 0.2) is 42.5 Å². The molecule has 27 heavy (non-hydrogen) atoms. The van der Waals surface area contributed by atoms with Crippen LogP contribution in [0.3, 0.4) is 0 Å². The number of rotatable bonds is 2. The highest BCUT2D eigenvalue weighted by molar-refractivity contribution is 5.95. The molecule has 0 radical (unpaired) electrons. The summed E-state index contributed by atoms with van der Waals surface area (Å²) in [6, 6.07) is 14.0. The van der Waals surface area contributed by atoms with Crippen LogP contribution < -0.4 is 14.8 Å². The lowest BCUT2D eigenvalue weighted by Gasteiger charge is -2.24. The van der Waals surface area contributed by atoms with Gasteiger partial charge in [-0.25, -0.2) is 4.68 Å².